The maximum absolute atomic E-state index is 6.41. The van der Waals surface area contributed by atoms with Crippen LogP contribution in [0.4, 0.5) is 5.69 Å². The number of methoxy groups -OCH3 is 3. The Balaban J connectivity index is 1.72. The zero-order chi connectivity index (χ0) is 27.0. The van der Waals surface area contributed by atoms with Gasteiger partial charge in [0.05, 0.1) is 50.5 Å². The van der Waals surface area contributed by atoms with E-state index in [9.17, 15) is 0 Å². The van der Waals surface area contributed by atoms with Crippen molar-refractivity contribution in [3.05, 3.63) is 94.5 Å². The third-order valence-corrected chi connectivity index (χ3v) is 7.46. The van der Waals surface area contributed by atoms with Crippen LogP contribution in [0.15, 0.2) is 66.9 Å². The van der Waals surface area contributed by atoms with E-state index in [1.54, 1.807) is 27.5 Å². The van der Waals surface area contributed by atoms with Crippen molar-refractivity contribution < 1.29 is 14.2 Å². The van der Waals surface area contributed by atoms with E-state index in [1.165, 1.54) is 0 Å². The largest absolute Gasteiger partial charge is 0.497 e. The van der Waals surface area contributed by atoms with Crippen LogP contribution >= 0.6 is 23.8 Å². The third-order valence-electron chi connectivity index (χ3n) is 6.92. The fourth-order valence-corrected chi connectivity index (χ4v) is 5.72. The number of hydrogen-bond donors (Lipinski definition) is 1. The van der Waals surface area contributed by atoms with Gasteiger partial charge in [-0.15, -0.1) is 0 Å². The average Bonchev–Trinajstić information content (AvgIpc) is 3.43. The van der Waals surface area contributed by atoms with Gasteiger partial charge < -0.3 is 29.0 Å². The number of thiocarbonyl (C=S) groups is 1. The number of nitrogens with one attached hydrogen (secondary N) is 1. The highest BCUT2D eigenvalue weighted by molar-refractivity contribution is 7.80. The molecular weight excluding hydrogens is 520 g/mol. The van der Waals surface area contributed by atoms with Gasteiger partial charge in [0, 0.05) is 28.7 Å². The van der Waals surface area contributed by atoms with Crippen molar-refractivity contribution in [2.75, 3.05) is 26.2 Å². The fraction of sp³-hybridized carbons (Fsp3) is 0.241. The number of halogens is 1. The first-order valence-electron chi connectivity index (χ1n) is 12.1. The van der Waals surface area contributed by atoms with Crippen molar-refractivity contribution in [3.63, 3.8) is 0 Å². The predicted octanol–water partition coefficient (Wildman–Crippen LogP) is 6.35. The maximum Gasteiger partial charge on any atom is 0.174 e. The summed E-state index contributed by atoms with van der Waals surface area (Å²) in [7, 11) is 4.94. The molecule has 2 aromatic heterocycles. The molecule has 1 fully saturated rings. The molecule has 2 unspecified atom stereocenters. The minimum absolute atomic E-state index is 0.203. The zero-order valence-corrected chi connectivity index (χ0v) is 23.4. The average molecular weight is 549 g/mol. The lowest BCUT2D eigenvalue weighted by Crippen LogP contribution is -2.30. The molecule has 0 aliphatic carbocycles. The van der Waals surface area contributed by atoms with E-state index >= 15 is 0 Å². The standard InChI is InChI=1S/C29H29ClN4O3S/c1-17-14-21(18(2)33(17)24-15-19(30)9-12-25(24)36-4)28-27(22-8-6-7-13-31-22)32-29(38)34(28)23-11-10-20(35-3)16-26(23)37-5/h6-16,27-28H,1-5H3,(H,32,38). The fourth-order valence-electron chi connectivity index (χ4n) is 5.21. The van der Waals surface area contributed by atoms with Crippen LogP contribution in [-0.4, -0.2) is 36.0 Å². The highest BCUT2D eigenvalue weighted by Gasteiger charge is 2.43. The number of ether oxygens (including phenoxy) is 3. The summed E-state index contributed by atoms with van der Waals surface area (Å²) in [6.07, 6.45) is 1.80. The quantitative estimate of drug-likeness (QED) is 0.270. The first-order valence-corrected chi connectivity index (χ1v) is 12.9. The third kappa shape index (κ3) is 4.44. The van der Waals surface area contributed by atoms with Crippen LogP contribution in [0, 0.1) is 13.8 Å². The zero-order valence-electron chi connectivity index (χ0n) is 21.9. The van der Waals surface area contributed by atoms with Crippen LogP contribution in [0.5, 0.6) is 17.2 Å². The molecule has 9 heteroatoms. The van der Waals surface area contributed by atoms with Gasteiger partial charge in [0.25, 0.3) is 0 Å². The van der Waals surface area contributed by atoms with Crippen molar-refractivity contribution in [2.45, 2.75) is 25.9 Å². The Morgan fingerprint density at radius 1 is 0.895 bits per heavy atom. The van der Waals surface area contributed by atoms with E-state index in [2.05, 4.69) is 39.7 Å². The molecule has 0 amide bonds. The van der Waals surface area contributed by atoms with Crippen LogP contribution < -0.4 is 24.4 Å². The van der Waals surface area contributed by atoms with Crippen molar-refractivity contribution in [3.8, 4) is 22.9 Å². The minimum Gasteiger partial charge on any atom is -0.497 e. The van der Waals surface area contributed by atoms with Gasteiger partial charge in [-0.05, 0) is 80.2 Å². The van der Waals surface area contributed by atoms with Crippen LogP contribution in [0.25, 0.3) is 5.69 Å². The van der Waals surface area contributed by atoms with Gasteiger partial charge in [-0.3, -0.25) is 4.98 Å². The van der Waals surface area contributed by atoms with Crippen molar-refractivity contribution in [1.29, 1.82) is 0 Å². The Bertz CT molecular complexity index is 1490. The molecule has 0 saturated carbocycles. The van der Waals surface area contributed by atoms with E-state index in [-0.39, 0.29) is 12.1 Å². The first kappa shape index (κ1) is 25.9. The Hall–Kier alpha value is -3.75. The van der Waals surface area contributed by atoms with Gasteiger partial charge in [-0.25, -0.2) is 0 Å². The number of aromatic nitrogens is 2. The highest BCUT2D eigenvalue weighted by Crippen LogP contribution is 2.47. The molecular formula is C29H29ClN4O3S. The van der Waals surface area contributed by atoms with Crippen molar-refractivity contribution in [1.82, 2.24) is 14.9 Å². The molecule has 1 saturated heterocycles. The molecule has 5 rings (SSSR count). The van der Waals surface area contributed by atoms with Crippen LogP contribution in [-0.2, 0) is 0 Å². The Kier molecular flexibility index (Phi) is 7.19. The summed E-state index contributed by atoms with van der Waals surface area (Å²) in [5, 5.41) is 4.74. The molecule has 1 aliphatic heterocycles. The van der Waals surface area contributed by atoms with E-state index < -0.39 is 0 Å². The first-order chi connectivity index (χ1) is 18.4. The molecule has 7 nitrogen and oxygen atoms in total. The summed E-state index contributed by atoms with van der Waals surface area (Å²) in [5.74, 6) is 2.09. The molecule has 1 N–H and O–H groups in total. The minimum atomic E-state index is -0.218. The van der Waals surface area contributed by atoms with Gasteiger partial charge in [-0.1, -0.05) is 17.7 Å². The number of pyridine rings is 1. The lowest BCUT2D eigenvalue weighted by molar-refractivity contribution is 0.394. The van der Waals surface area contributed by atoms with E-state index in [4.69, 9.17) is 38.0 Å². The summed E-state index contributed by atoms with van der Waals surface area (Å²) in [4.78, 5) is 6.79. The van der Waals surface area contributed by atoms with E-state index in [0.29, 0.717) is 21.6 Å². The number of anilines is 1. The molecule has 3 heterocycles. The molecule has 2 aromatic carbocycles. The second-order valence-electron chi connectivity index (χ2n) is 9.01. The Morgan fingerprint density at radius 3 is 2.37 bits per heavy atom. The van der Waals surface area contributed by atoms with E-state index in [1.807, 2.05) is 54.6 Å². The SMILES string of the molecule is COc1ccc(N2C(=S)NC(c3ccccn3)C2c2cc(C)n(-c3cc(Cl)ccc3OC)c2C)c(OC)c1. The van der Waals surface area contributed by atoms with Gasteiger partial charge >= 0.3 is 0 Å². The normalized spacial score (nSPS) is 16.9. The monoisotopic (exact) mass is 548 g/mol. The highest BCUT2D eigenvalue weighted by atomic mass is 35.5. The van der Waals surface area contributed by atoms with Crippen LogP contribution in [0.1, 0.15) is 34.7 Å². The molecule has 0 spiro atoms. The summed E-state index contributed by atoms with van der Waals surface area (Å²) in [6, 6.07) is 19.1. The molecule has 2 atom stereocenters. The summed E-state index contributed by atoms with van der Waals surface area (Å²) in [5.41, 5.74) is 5.76. The molecule has 0 radical (unpaired) electrons. The topological polar surface area (TPSA) is 60.8 Å². The number of rotatable bonds is 7. The lowest BCUT2D eigenvalue weighted by atomic mass is 9.96. The Labute approximate surface area is 232 Å². The predicted molar refractivity (Wildman–Crippen MR) is 154 cm³/mol. The smallest absolute Gasteiger partial charge is 0.174 e. The molecule has 196 valence electrons. The summed E-state index contributed by atoms with van der Waals surface area (Å²) >= 11 is 12.3. The molecule has 38 heavy (non-hydrogen) atoms. The Morgan fingerprint density at radius 2 is 1.68 bits per heavy atom. The molecule has 1 aliphatic rings. The van der Waals surface area contributed by atoms with Gasteiger partial charge in [0.2, 0.25) is 0 Å². The lowest BCUT2D eigenvalue weighted by Gasteiger charge is -2.29. The maximum atomic E-state index is 6.41. The molecule has 4 aromatic rings. The number of benzene rings is 2. The van der Waals surface area contributed by atoms with Crippen LogP contribution in [0.2, 0.25) is 5.02 Å². The number of hydrogen-bond acceptors (Lipinski definition) is 5. The van der Waals surface area contributed by atoms with Gasteiger partial charge in [0.15, 0.2) is 5.11 Å². The van der Waals surface area contributed by atoms with E-state index in [0.717, 1.165) is 39.8 Å². The van der Waals surface area contributed by atoms with Crippen molar-refractivity contribution >= 4 is 34.6 Å². The summed E-state index contributed by atoms with van der Waals surface area (Å²) < 4.78 is 19.1. The second kappa shape index (κ2) is 10.6. The second-order valence-corrected chi connectivity index (χ2v) is 9.84. The summed E-state index contributed by atoms with van der Waals surface area (Å²) in [6.45, 7) is 4.18. The van der Waals surface area contributed by atoms with Gasteiger partial charge in [-0.2, -0.15) is 0 Å². The van der Waals surface area contributed by atoms with Crippen LogP contribution in [0.3, 0.4) is 0 Å². The number of nitrogens with zero attached hydrogens (tertiary/aromatic N) is 3. The number of aryl methyl sites for hydroxylation is 1. The molecule has 0 bridgehead atoms. The van der Waals surface area contributed by atoms with Gasteiger partial charge in [0.1, 0.15) is 17.2 Å². The van der Waals surface area contributed by atoms with Crippen molar-refractivity contribution in [2.24, 2.45) is 0 Å².